The van der Waals surface area contributed by atoms with Crippen LogP contribution in [-0.4, -0.2) is 79.2 Å². The van der Waals surface area contributed by atoms with Crippen LogP contribution in [0.5, 0.6) is 0 Å². The Kier molecular flexibility index (Phi) is 7.47. The summed E-state index contributed by atoms with van der Waals surface area (Å²) in [7, 11) is 1.55. The lowest BCUT2D eigenvalue weighted by atomic mass is 9.95. The fraction of sp³-hybridized carbons (Fsp3) is 0.423. The van der Waals surface area contributed by atoms with Crippen LogP contribution in [0.2, 0.25) is 0 Å². The molecule has 35 heavy (non-hydrogen) atoms. The van der Waals surface area contributed by atoms with Crippen molar-refractivity contribution < 1.29 is 28.2 Å². The van der Waals surface area contributed by atoms with E-state index in [0.29, 0.717) is 31.6 Å². The molecular formula is C26H30FN3O5. The molecule has 0 aliphatic carbocycles. The summed E-state index contributed by atoms with van der Waals surface area (Å²) in [6.07, 6.45) is 0.624. The molecule has 2 aliphatic heterocycles. The average Bonchev–Trinajstić information content (AvgIpc) is 3.22. The molecule has 186 valence electrons. The number of benzene rings is 2. The van der Waals surface area contributed by atoms with Crippen LogP contribution in [0, 0.1) is 12.7 Å². The first-order chi connectivity index (χ1) is 16.9. The Balaban J connectivity index is 1.57. The van der Waals surface area contributed by atoms with Crippen molar-refractivity contribution in [2.24, 2.45) is 0 Å². The molecule has 2 saturated heterocycles. The van der Waals surface area contributed by atoms with Crippen molar-refractivity contribution in [2.75, 3.05) is 40.0 Å². The summed E-state index contributed by atoms with van der Waals surface area (Å²) in [6.45, 7) is 3.15. The molecular weight excluding hydrogens is 453 g/mol. The molecule has 0 aromatic heterocycles. The summed E-state index contributed by atoms with van der Waals surface area (Å²) in [5.74, 6) is -1.59. The van der Waals surface area contributed by atoms with Crippen LogP contribution in [0.4, 0.5) is 4.39 Å². The Bertz CT molecular complexity index is 1100. The monoisotopic (exact) mass is 483 g/mol. The maximum atomic E-state index is 14.2. The molecule has 2 aromatic rings. The number of aryl methyl sites for hydroxylation is 1. The van der Waals surface area contributed by atoms with E-state index in [1.807, 2.05) is 13.0 Å². The number of carbonyl (C=O) groups excluding carboxylic acids is 3. The van der Waals surface area contributed by atoms with Crippen LogP contribution in [0.15, 0.2) is 48.5 Å². The molecule has 4 rings (SSSR count). The van der Waals surface area contributed by atoms with Crippen molar-refractivity contribution >= 4 is 17.7 Å². The molecule has 1 N–H and O–H groups in total. The van der Waals surface area contributed by atoms with E-state index in [4.69, 9.17) is 9.47 Å². The third-order valence-corrected chi connectivity index (χ3v) is 6.59. The van der Waals surface area contributed by atoms with Gasteiger partial charge in [0.25, 0.3) is 11.8 Å². The number of carbonyl (C=O) groups is 3. The summed E-state index contributed by atoms with van der Waals surface area (Å²) < 4.78 is 25.3. The highest BCUT2D eigenvalue weighted by Crippen LogP contribution is 2.39. The lowest BCUT2D eigenvalue weighted by Gasteiger charge is -2.44. The summed E-state index contributed by atoms with van der Waals surface area (Å²) >= 11 is 0. The van der Waals surface area contributed by atoms with Gasteiger partial charge in [-0.05, 0) is 31.2 Å². The molecule has 0 unspecified atom stereocenters. The van der Waals surface area contributed by atoms with E-state index in [1.54, 1.807) is 36.3 Å². The van der Waals surface area contributed by atoms with Gasteiger partial charge in [-0.3, -0.25) is 19.3 Å². The van der Waals surface area contributed by atoms with Gasteiger partial charge >= 0.3 is 0 Å². The molecule has 8 nitrogen and oxygen atoms in total. The van der Waals surface area contributed by atoms with Crippen LogP contribution in [0.25, 0.3) is 0 Å². The number of hydrogen-bond donors (Lipinski definition) is 1. The van der Waals surface area contributed by atoms with E-state index in [2.05, 4.69) is 5.32 Å². The van der Waals surface area contributed by atoms with Gasteiger partial charge in [-0.25, -0.2) is 4.39 Å². The number of methoxy groups -OCH3 is 1. The molecule has 3 amide bonds. The standard InChI is InChI=1S/C26H30FN3O5/c1-18-6-5-7-19(16-18)24(32)30-22(23(31)28-12-15-34-2)17-35-26(30)10-13-29(14-11-26)25(33)20-8-3-4-9-21(20)27/h3-9,16,22H,10-15,17H2,1-2H3,(H,28,31)/t22-/m0/s1. The van der Waals surface area contributed by atoms with Gasteiger partial charge in [0.15, 0.2) is 0 Å². The number of piperidine rings is 1. The quantitative estimate of drug-likeness (QED) is 0.638. The lowest BCUT2D eigenvalue weighted by Crippen LogP contribution is -2.60. The van der Waals surface area contributed by atoms with E-state index >= 15 is 0 Å². The zero-order valence-corrected chi connectivity index (χ0v) is 20.0. The van der Waals surface area contributed by atoms with Crippen molar-refractivity contribution in [3.8, 4) is 0 Å². The molecule has 0 radical (unpaired) electrons. The second-order valence-corrected chi connectivity index (χ2v) is 8.87. The van der Waals surface area contributed by atoms with Gasteiger partial charge in [-0.15, -0.1) is 0 Å². The van der Waals surface area contributed by atoms with Crippen molar-refractivity contribution in [1.82, 2.24) is 15.1 Å². The Morgan fingerprint density at radius 2 is 1.86 bits per heavy atom. The van der Waals surface area contributed by atoms with Gasteiger partial charge in [0, 0.05) is 45.1 Å². The number of hydrogen-bond acceptors (Lipinski definition) is 5. The fourth-order valence-corrected chi connectivity index (χ4v) is 4.74. The maximum absolute atomic E-state index is 14.2. The normalized spacial score (nSPS) is 19.1. The third kappa shape index (κ3) is 5.06. The molecule has 2 fully saturated rings. The Labute approximate surface area is 204 Å². The zero-order chi connectivity index (χ0) is 25.0. The highest BCUT2D eigenvalue weighted by atomic mass is 19.1. The molecule has 0 saturated carbocycles. The smallest absolute Gasteiger partial charge is 0.256 e. The molecule has 1 atom stereocenters. The van der Waals surface area contributed by atoms with Crippen LogP contribution in [-0.2, 0) is 14.3 Å². The predicted molar refractivity (Wildman–Crippen MR) is 126 cm³/mol. The number of halogens is 1. The van der Waals surface area contributed by atoms with E-state index in [9.17, 15) is 18.8 Å². The third-order valence-electron chi connectivity index (χ3n) is 6.59. The van der Waals surface area contributed by atoms with Gasteiger partial charge < -0.3 is 19.7 Å². The molecule has 2 aromatic carbocycles. The zero-order valence-electron chi connectivity index (χ0n) is 20.0. The minimum Gasteiger partial charge on any atom is -0.383 e. The minimum atomic E-state index is -1.03. The fourth-order valence-electron chi connectivity index (χ4n) is 4.74. The van der Waals surface area contributed by atoms with E-state index in [-0.39, 0.29) is 37.1 Å². The second kappa shape index (κ2) is 10.5. The number of rotatable bonds is 6. The average molecular weight is 484 g/mol. The summed E-state index contributed by atoms with van der Waals surface area (Å²) in [5.41, 5.74) is 0.376. The first kappa shape index (κ1) is 24.8. The number of nitrogens with zero attached hydrogens (tertiary/aromatic N) is 2. The molecule has 9 heteroatoms. The van der Waals surface area contributed by atoms with Crippen molar-refractivity contribution in [3.05, 3.63) is 71.0 Å². The van der Waals surface area contributed by atoms with Gasteiger partial charge in [0.1, 0.15) is 17.6 Å². The van der Waals surface area contributed by atoms with Crippen LogP contribution in [0.1, 0.15) is 39.1 Å². The highest BCUT2D eigenvalue weighted by molar-refractivity contribution is 5.99. The Morgan fingerprint density at radius 3 is 2.54 bits per heavy atom. The first-order valence-corrected chi connectivity index (χ1v) is 11.7. The van der Waals surface area contributed by atoms with E-state index < -0.39 is 23.5 Å². The molecule has 2 heterocycles. The van der Waals surface area contributed by atoms with Gasteiger partial charge in [-0.2, -0.15) is 0 Å². The summed E-state index contributed by atoms with van der Waals surface area (Å²) in [6, 6.07) is 12.3. The van der Waals surface area contributed by atoms with E-state index in [1.165, 1.54) is 23.1 Å². The van der Waals surface area contributed by atoms with Crippen molar-refractivity contribution in [2.45, 2.75) is 31.5 Å². The Hall–Kier alpha value is -3.30. The first-order valence-electron chi connectivity index (χ1n) is 11.7. The number of nitrogens with one attached hydrogen (secondary N) is 1. The van der Waals surface area contributed by atoms with Crippen LogP contribution in [0.3, 0.4) is 0 Å². The largest absolute Gasteiger partial charge is 0.383 e. The number of amides is 3. The van der Waals surface area contributed by atoms with E-state index in [0.717, 1.165) is 5.56 Å². The van der Waals surface area contributed by atoms with Crippen molar-refractivity contribution in [3.63, 3.8) is 0 Å². The highest BCUT2D eigenvalue weighted by Gasteiger charge is 2.54. The number of likely N-dealkylation sites (tertiary alicyclic amines) is 1. The number of ether oxygens (including phenoxy) is 2. The van der Waals surface area contributed by atoms with Crippen LogP contribution >= 0.6 is 0 Å². The van der Waals surface area contributed by atoms with Gasteiger partial charge in [0.2, 0.25) is 5.91 Å². The SMILES string of the molecule is COCCNC(=O)[C@@H]1COC2(CCN(C(=O)c3ccccc3F)CC2)N1C(=O)c1cccc(C)c1. The molecule has 2 aliphatic rings. The second-order valence-electron chi connectivity index (χ2n) is 8.87. The minimum absolute atomic E-state index is 0.0129. The summed E-state index contributed by atoms with van der Waals surface area (Å²) in [4.78, 5) is 42.7. The lowest BCUT2D eigenvalue weighted by molar-refractivity contribution is -0.128. The summed E-state index contributed by atoms with van der Waals surface area (Å²) in [5, 5.41) is 2.81. The van der Waals surface area contributed by atoms with Gasteiger partial charge in [-0.1, -0.05) is 29.8 Å². The molecule has 0 bridgehead atoms. The Morgan fingerprint density at radius 1 is 1.11 bits per heavy atom. The maximum Gasteiger partial charge on any atom is 0.256 e. The predicted octanol–water partition coefficient (Wildman–Crippen LogP) is 2.37. The van der Waals surface area contributed by atoms with Crippen LogP contribution < -0.4 is 5.32 Å². The van der Waals surface area contributed by atoms with Crippen molar-refractivity contribution in [1.29, 1.82) is 0 Å². The van der Waals surface area contributed by atoms with Gasteiger partial charge in [0.05, 0.1) is 18.8 Å². The topological polar surface area (TPSA) is 88.2 Å². The molecule has 1 spiro atoms.